The highest BCUT2D eigenvalue weighted by Crippen LogP contribution is 2.33. The van der Waals surface area contributed by atoms with Crippen LogP contribution in [0.5, 0.6) is 0 Å². The van der Waals surface area contributed by atoms with Crippen LogP contribution in [0.4, 0.5) is 0 Å². The summed E-state index contributed by atoms with van der Waals surface area (Å²) in [5.74, 6) is 0.280. The molecule has 1 amide bonds. The first-order valence-electron chi connectivity index (χ1n) is 8.14. The minimum atomic E-state index is -0.0921. The van der Waals surface area contributed by atoms with Crippen LogP contribution in [-0.2, 0) is 0 Å². The molecule has 1 aliphatic rings. The number of halogens is 1. The monoisotopic (exact) mass is 335 g/mol. The minimum absolute atomic E-state index is 0.0890. The molecule has 4 nitrogen and oxygen atoms in total. The van der Waals surface area contributed by atoms with Crippen LogP contribution in [0.15, 0.2) is 16.5 Å². The van der Waals surface area contributed by atoms with Gasteiger partial charge in [0.15, 0.2) is 11.3 Å². The molecule has 0 unspecified atom stereocenters. The molecule has 1 fully saturated rings. The molecule has 0 radical (unpaired) electrons. The van der Waals surface area contributed by atoms with Crippen molar-refractivity contribution in [2.45, 2.75) is 45.6 Å². The third-order valence-electron chi connectivity index (χ3n) is 4.68. The average molecular weight is 336 g/mol. The Morgan fingerprint density at radius 3 is 2.91 bits per heavy atom. The van der Waals surface area contributed by atoms with Gasteiger partial charge in [0.05, 0.1) is 5.02 Å². The lowest BCUT2D eigenvalue weighted by Gasteiger charge is -2.35. The van der Waals surface area contributed by atoms with Gasteiger partial charge in [-0.2, -0.15) is 0 Å². The first kappa shape index (κ1) is 16.3. The van der Waals surface area contributed by atoms with Gasteiger partial charge >= 0.3 is 0 Å². The lowest BCUT2D eigenvalue weighted by Crippen LogP contribution is -2.44. The van der Waals surface area contributed by atoms with Gasteiger partial charge < -0.3 is 14.4 Å². The second-order valence-electron chi connectivity index (χ2n) is 6.34. The van der Waals surface area contributed by atoms with Crippen molar-refractivity contribution in [1.29, 1.82) is 0 Å². The van der Waals surface area contributed by atoms with Gasteiger partial charge in [-0.3, -0.25) is 4.79 Å². The zero-order valence-electron chi connectivity index (χ0n) is 13.6. The van der Waals surface area contributed by atoms with Crippen LogP contribution < -0.4 is 0 Å². The maximum atomic E-state index is 13.0. The predicted molar refractivity (Wildman–Crippen MR) is 91.1 cm³/mol. The molecule has 5 heteroatoms. The Balaban J connectivity index is 2.00. The number of fused-ring (bicyclic) bond motifs is 1. The van der Waals surface area contributed by atoms with Gasteiger partial charge in [0, 0.05) is 30.1 Å². The summed E-state index contributed by atoms with van der Waals surface area (Å²) in [4.78, 5) is 14.8. The molecule has 0 spiro atoms. The lowest BCUT2D eigenvalue weighted by molar-refractivity contribution is 0.0544. The number of aliphatic hydroxyl groups is 1. The molecule has 2 aromatic rings. The number of rotatable bonds is 3. The Morgan fingerprint density at radius 1 is 1.39 bits per heavy atom. The summed E-state index contributed by atoms with van der Waals surface area (Å²) >= 11 is 6.26. The zero-order valence-corrected chi connectivity index (χ0v) is 14.3. The van der Waals surface area contributed by atoms with E-state index in [4.69, 9.17) is 16.0 Å². The molecular weight excluding hydrogens is 314 g/mol. The van der Waals surface area contributed by atoms with Gasteiger partial charge in [0.2, 0.25) is 0 Å². The first-order valence-corrected chi connectivity index (χ1v) is 8.51. The van der Waals surface area contributed by atoms with E-state index >= 15 is 0 Å². The zero-order chi connectivity index (χ0) is 16.6. The molecule has 1 aromatic heterocycles. The van der Waals surface area contributed by atoms with E-state index in [1.807, 2.05) is 30.9 Å². The van der Waals surface area contributed by atoms with Crippen molar-refractivity contribution in [3.63, 3.8) is 0 Å². The summed E-state index contributed by atoms with van der Waals surface area (Å²) < 4.78 is 5.84. The Labute approximate surface area is 141 Å². The summed E-state index contributed by atoms with van der Waals surface area (Å²) in [5.41, 5.74) is 2.46. The van der Waals surface area contributed by atoms with Crippen molar-refractivity contribution in [2.24, 2.45) is 0 Å². The Morgan fingerprint density at radius 2 is 2.17 bits per heavy atom. The average Bonchev–Trinajstić information content (AvgIpc) is 2.85. The van der Waals surface area contributed by atoms with E-state index in [1.165, 1.54) is 0 Å². The molecule has 0 bridgehead atoms. The number of benzene rings is 1. The van der Waals surface area contributed by atoms with Gasteiger partial charge in [-0.1, -0.05) is 11.6 Å². The smallest absolute Gasteiger partial charge is 0.290 e. The highest BCUT2D eigenvalue weighted by Gasteiger charge is 2.30. The molecule has 1 aromatic carbocycles. The van der Waals surface area contributed by atoms with E-state index in [1.54, 1.807) is 0 Å². The van der Waals surface area contributed by atoms with Crippen molar-refractivity contribution in [2.75, 3.05) is 13.2 Å². The quantitative estimate of drug-likeness (QED) is 0.919. The summed E-state index contributed by atoms with van der Waals surface area (Å²) in [6.07, 6.45) is 3.64. The molecule has 2 heterocycles. The van der Waals surface area contributed by atoms with Crippen LogP contribution >= 0.6 is 11.6 Å². The van der Waals surface area contributed by atoms with Crippen LogP contribution in [0.1, 0.15) is 47.4 Å². The standard InChI is InChI=1S/C18H22ClNO3/c1-11-9-14-12(2)16(23-17(14)15(19)10-11)18(22)20-7-4-3-5-13(20)6-8-21/h9-10,13,21H,3-8H2,1-2H3/t13-/m1/s1. The fraction of sp³-hybridized carbons (Fsp3) is 0.500. The number of carbonyl (C=O) groups excluding carboxylic acids is 1. The molecule has 124 valence electrons. The number of likely N-dealkylation sites (tertiary alicyclic amines) is 1. The van der Waals surface area contributed by atoms with E-state index in [9.17, 15) is 9.90 Å². The van der Waals surface area contributed by atoms with Crippen LogP contribution in [0.25, 0.3) is 11.0 Å². The van der Waals surface area contributed by atoms with Gasteiger partial charge in [-0.15, -0.1) is 0 Å². The topological polar surface area (TPSA) is 53.7 Å². The fourth-order valence-electron chi connectivity index (χ4n) is 3.46. The van der Waals surface area contributed by atoms with Crippen molar-refractivity contribution in [3.8, 4) is 0 Å². The molecule has 0 aliphatic carbocycles. The Kier molecular flexibility index (Phi) is 4.64. The van der Waals surface area contributed by atoms with Gasteiger partial charge in [0.1, 0.15) is 0 Å². The third-order valence-corrected chi connectivity index (χ3v) is 4.96. The van der Waals surface area contributed by atoms with Crippen molar-refractivity contribution in [1.82, 2.24) is 4.90 Å². The van der Waals surface area contributed by atoms with Crippen molar-refractivity contribution >= 4 is 28.5 Å². The number of piperidine rings is 1. The second-order valence-corrected chi connectivity index (χ2v) is 6.75. The lowest BCUT2D eigenvalue weighted by atomic mass is 9.99. The van der Waals surface area contributed by atoms with Crippen LogP contribution in [0.2, 0.25) is 5.02 Å². The van der Waals surface area contributed by atoms with E-state index in [-0.39, 0.29) is 18.6 Å². The largest absolute Gasteiger partial charge is 0.449 e. The SMILES string of the molecule is Cc1cc(Cl)c2oc(C(=O)N3CCCC[C@@H]3CCO)c(C)c2c1. The molecule has 23 heavy (non-hydrogen) atoms. The number of hydrogen-bond donors (Lipinski definition) is 1. The van der Waals surface area contributed by atoms with E-state index < -0.39 is 0 Å². The number of aryl methyl sites for hydroxylation is 2. The van der Waals surface area contributed by atoms with Crippen molar-refractivity contribution in [3.05, 3.63) is 34.0 Å². The second kappa shape index (κ2) is 6.54. The third kappa shape index (κ3) is 2.98. The van der Waals surface area contributed by atoms with Gasteiger partial charge in [-0.05, 0) is 57.2 Å². The van der Waals surface area contributed by atoms with Crippen LogP contribution in [0.3, 0.4) is 0 Å². The molecule has 3 rings (SSSR count). The molecule has 1 atom stereocenters. The number of aliphatic hydroxyl groups excluding tert-OH is 1. The fourth-order valence-corrected chi connectivity index (χ4v) is 3.78. The number of furan rings is 1. The van der Waals surface area contributed by atoms with E-state index in [0.29, 0.717) is 29.3 Å². The minimum Gasteiger partial charge on any atom is -0.449 e. The number of carbonyl (C=O) groups is 1. The summed E-state index contributed by atoms with van der Waals surface area (Å²) in [7, 11) is 0. The van der Waals surface area contributed by atoms with Crippen LogP contribution in [-0.4, -0.2) is 35.1 Å². The van der Waals surface area contributed by atoms with Crippen LogP contribution in [0, 0.1) is 13.8 Å². The predicted octanol–water partition coefficient (Wildman–Crippen LogP) is 4.08. The summed E-state index contributed by atoms with van der Waals surface area (Å²) in [5, 5.41) is 10.7. The summed E-state index contributed by atoms with van der Waals surface area (Å²) in [6, 6.07) is 3.93. The Bertz CT molecular complexity index is 735. The maximum Gasteiger partial charge on any atom is 0.290 e. The number of hydrogen-bond acceptors (Lipinski definition) is 3. The molecule has 1 saturated heterocycles. The molecule has 1 aliphatic heterocycles. The number of nitrogens with zero attached hydrogens (tertiary/aromatic N) is 1. The Hall–Kier alpha value is -1.52. The van der Waals surface area contributed by atoms with E-state index in [2.05, 4.69) is 0 Å². The maximum absolute atomic E-state index is 13.0. The first-order chi connectivity index (χ1) is 11.0. The molecule has 1 N–H and O–H groups in total. The highest BCUT2D eigenvalue weighted by atomic mass is 35.5. The highest BCUT2D eigenvalue weighted by molar-refractivity contribution is 6.35. The number of amides is 1. The van der Waals surface area contributed by atoms with Gasteiger partial charge in [0.25, 0.3) is 5.91 Å². The summed E-state index contributed by atoms with van der Waals surface area (Å²) in [6.45, 7) is 4.69. The molecule has 0 saturated carbocycles. The normalized spacial score (nSPS) is 18.6. The van der Waals surface area contributed by atoms with Crippen molar-refractivity contribution < 1.29 is 14.3 Å². The molecular formula is C18H22ClNO3. The van der Waals surface area contributed by atoms with E-state index in [0.717, 1.165) is 35.8 Å². The van der Waals surface area contributed by atoms with Gasteiger partial charge in [-0.25, -0.2) is 0 Å².